The molecular weight excluding hydrogens is 524 g/mol. The van der Waals surface area contributed by atoms with Gasteiger partial charge in [-0.25, -0.2) is 4.98 Å². The lowest BCUT2D eigenvalue weighted by atomic mass is 10.1. The number of aromatic nitrogens is 4. The van der Waals surface area contributed by atoms with Crippen molar-refractivity contribution in [3.63, 3.8) is 0 Å². The quantitative estimate of drug-likeness (QED) is 0.298. The van der Waals surface area contributed by atoms with Gasteiger partial charge in [-0.2, -0.15) is 9.97 Å². The van der Waals surface area contributed by atoms with Gasteiger partial charge in [0.1, 0.15) is 11.7 Å². The maximum atomic E-state index is 13.3. The standard InChI is InChI=1S/C29H28N8O4/c30-25(38)20-3-1-2-18-15-22(41-24(18)20)28(39)36-9-11-37(12-10-36)29-34-26(19-4-5-21-17(14-19)6-7-32-21)33-27(35-29)23-16-31-8-13-40-23/h1-7,14-15,23,31-32H,8-13,16H2,(H2,30,38). The van der Waals surface area contributed by atoms with Crippen molar-refractivity contribution < 1.29 is 18.7 Å². The van der Waals surface area contributed by atoms with Crippen LogP contribution in [0, 0.1) is 0 Å². The highest BCUT2D eigenvalue weighted by Gasteiger charge is 2.28. The molecule has 3 aromatic heterocycles. The fourth-order valence-corrected chi connectivity index (χ4v) is 5.35. The smallest absolute Gasteiger partial charge is 0.289 e. The Balaban J connectivity index is 1.14. The lowest BCUT2D eigenvalue weighted by Crippen LogP contribution is -2.49. The number of hydrogen-bond acceptors (Lipinski definition) is 9. The van der Waals surface area contributed by atoms with Gasteiger partial charge in [0, 0.05) is 67.3 Å². The number of nitrogens with two attached hydrogens (primary N) is 1. The topological polar surface area (TPSA) is 156 Å². The predicted octanol–water partition coefficient (Wildman–Crippen LogP) is 2.49. The summed E-state index contributed by atoms with van der Waals surface area (Å²) < 4.78 is 11.8. The first kappa shape index (κ1) is 25.2. The summed E-state index contributed by atoms with van der Waals surface area (Å²) in [4.78, 5) is 46.6. The number of piperazine rings is 1. The van der Waals surface area contributed by atoms with E-state index in [4.69, 9.17) is 29.8 Å². The third-order valence-electron chi connectivity index (χ3n) is 7.54. The summed E-state index contributed by atoms with van der Waals surface area (Å²) in [7, 11) is 0. The first-order valence-electron chi connectivity index (χ1n) is 13.6. The number of carbonyl (C=O) groups is 2. The summed E-state index contributed by atoms with van der Waals surface area (Å²) in [5.41, 5.74) is 7.98. The monoisotopic (exact) mass is 552 g/mol. The number of anilines is 1. The highest BCUT2D eigenvalue weighted by molar-refractivity contribution is 6.06. The molecule has 2 aliphatic heterocycles. The Morgan fingerprint density at radius 3 is 2.66 bits per heavy atom. The molecule has 4 N–H and O–H groups in total. The number of rotatable bonds is 5. The molecule has 5 heterocycles. The molecule has 0 radical (unpaired) electrons. The molecule has 2 aliphatic rings. The normalized spacial score (nSPS) is 17.8. The van der Waals surface area contributed by atoms with Crippen LogP contribution in [0.3, 0.4) is 0 Å². The molecule has 1 atom stereocenters. The zero-order valence-corrected chi connectivity index (χ0v) is 22.2. The fourth-order valence-electron chi connectivity index (χ4n) is 5.35. The molecule has 41 heavy (non-hydrogen) atoms. The molecule has 1 unspecified atom stereocenters. The zero-order chi connectivity index (χ0) is 27.9. The number of aromatic amines is 1. The van der Waals surface area contributed by atoms with Gasteiger partial charge in [0.2, 0.25) is 5.95 Å². The molecule has 0 spiro atoms. The third kappa shape index (κ3) is 4.77. The summed E-state index contributed by atoms with van der Waals surface area (Å²) in [5, 5.41) is 5.07. The van der Waals surface area contributed by atoms with Gasteiger partial charge in [-0.3, -0.25) is 9.59 Å². The van der Waals surface area contributed by atoms with Crippen molar-refractivity contribution in [2.75, 3.05) is 50.8 Å². The van der Waals surface area contributed by atoms with Crippen molar-refractivity contribution in [1.29, 1.82) is 0 Å². The van der Waals surface area contributed by atoms with E-state index >= 15 is 0 Å². The van der Waals surface area contributed by atoms with E-state index in [1.807, 2.05) is 24.4 Å². The number of carbonyl (C=O) groups excluding carboxylic acids is 2. The molecule has 0 bridgehead atoms. The average molecular weight is 553 g/mol. The predicted molar refractivity (Wildman–Crippen MR) is 152 cm³/mol. The van der Waals surface area contributed by atoms with Crippen LogP contribution in [0.25, 0.3) is 33.3 Å². The minimum absolute atomic E-state index is 0.175. The van der Waals surface area contributed by atoms with Crippen molar-refractivity contribution in [3.05, 3.63) is 71.9 Å². The van der Waals surface area contributed by atoms with E-state index in [0.29, 0.717) is 67.9 Å². The number of nitrogens with one attached hydrogen (secondary N) is 2. The molecule has 2 amide bonds. The Morgan fingerprint density at radius 1 is 0.976 bits per heavy atom. The van der Waals surface area contributed by atoms with Crippen molar-refractivity contribution in [3.8, 4) is 11.4 Å². The van der Waals surface area contributed by atoms with Gasteiger partial charge in [-0.15, -0.1) is 0 Å². The Morgan fingerprint density at radius 2 is 1.85 bits per heavy atom. The van der Waals surface area contributed by atoms with Crippen LogP contribution in [-0.2, 0) is 4.74 Å². The molecule has 0 saturated carbocycles. The van der Waals surface area contributed by atoms with E-state index in [1.165, 1.54) is 0 Å². The van der Waals surface area contributed by atoms with E-state index < -0.39 is 5.91 Å². The van der Waals surface area contributed by atoms with E-state index in [0.717, 1.165) is 23.0 Å². The van der Waals surface area contributed by atoms with Gasteiger partial charge in [0.05, 0.1) is 12.2 Å². The van der Waals surface area contributed by atoms with Crippen LogP contribution in [0.2, 0.25) is 0 Å². The summed E-state index contributed by atoms with van der Waals surface area (Å²) in [6.45, 7) is 3.95. The van der Waals surface area contributed by atoms with Gasteiger partial charge >= 0.3 is 0 Å². The van der Waals surface area contributed by atoms with E-state index in [1.54, 1.807) is 29.2 Å². The minimum atomic E-state index is -0.601. The van der Waals surface area contributed by atoms with Crippen LogP contribution in [0.1, 0.15) is 32.8 Å². The van der Waals surface area contributed by atoms with Crippen LogP contribution in [-0.4, -0.2) is 82.5 Å². The largest absolute Gasteiger partial charge is 0.450 e. The Bertz CT molecular complexity index is 1770. The second-order valence-corrected chi connectivity index (χ2v) is 10.1. The lowest BCUT2D eigenvalue weighted by Gasteiger charge is -2.34. The number of furan rings is 1. The minimum Gasteiger partial charge on any atom is -0.450 e. The third-order valence-corrected chi connectivity index (χ3v) is 7.54. The lowest BCUT2D eigenvalue weighted by molar-refractivity contribution is 0.0221. The first-order valence-corrected chi connectivity index (χ1v) is 13.6. The number of nitrogens with zero attached hydrogens (tertiary/aromatic N) is 5. The molecule has 208 valence electrons. The van der Waals surface area contributed by atoms with E-state index in [2.05, 4.69) is 21.3 Å². The molecule has 5 aromatic rings. The number of morpholine rings is 1. The first-order chi connectivity index (χ1) is 20.0. The average Bonchev–Trinajstić information content (AvgIpc) is 3.68. The summed E-state index contributed by atoms with van der Waals surface area (Å²) >= 11 is 0. The number of para-hydroxylation sites is 1. The van der Waals surface area contributed by atoms with Gasteiger partial charge in [0.25, 0.3) is 11.8 Å². The van der Waals surface area contributed by atoms with Crippen molar-refractivity contribution in [1.82, 2.24) is 30.2 Å². The van der Waals surface area contributed by atoms with Gasteiger partial charge in [-0.05, 0) is 36.4 Å². The number of H-pyrrole nitrogens is 1. The number of primary amides is 1. The number of benzene rings is 2. The van der Waals surface area contributed by atoms with Crippen molar-refractivity contribution >= 4 is 39.6 Å². The Labute approximate surface area is 234 Å². The second kappa shape index (κ2) is 10.3. The number of amides is 2. The second-order valence-electron chi connectivity index (χ2n) is 10.1. The van der Waals surface area contributed by atoms with Crippen LogP contribution < -0.4 is 16.0 Å². The van der Waals surface area contributed by atoms with Gasteiger partial charge in [-0.1, -0.05) is 12.1 Å². The molecule has 12 nitrogen and oxygen atoms in total. The molecule has 12 heteroatoms. The van der Waals surface area contributed by atoms with Crippen LogP contribution >= 0.6 is 0 Å². The molecule has 2 saturated heterocycles. The number of ether oxygens (including phenoxy) is 1. The zero-order valence-electron chi connectivity index (χ0n) is 22.2. The highest BCUT2D eigenvalue weighted by Crippen LogP contribution is 2.27. The highest BCUT2D eigenvalue weighted by atomic mass is 16.5. The fraction of sp³-hybridized carbons (Fsp3) is 0.276. The van der Waals surface area contributed by atoms with Crippen molar-refractivity contribution in [2.24, 2.45) is 5.73 Å². The van der Waals surface area contributed by atoms with E-state index in [-0.39, 0.29) is 23.3 Å². The van der Waals surface area contributed by atoms with Crippen LogP contribution in [0.4, 0.5) is 5.95 Å². The summed E-state index contributed by atoms with van der Waals surface area (Å²) in [6, 6.07) is 14.8. The van der Waals surface area contributed by atoms with Gasteiger partial charge < -0.3 is 35.0 Å². The van der Waals surface area contributed by atoms with Crippen LogP contribution in [0.15, 0.2) is 59.1 Å². The summed E-state index contributed by atoms with van der Waals surface area (Å²) in [5.74, 6) is 1.04. The van der Waals surface area contributed by atoms with Gasteiger partial charge in [0.15, 0.2) is 17.4 Å². The molecule has 7 rings (SSSR count). The molecule has 2 fully saturated rings. The SMILES string of the molecule is NC(=O)c1cccc2cc(C(=O)N3CCN(c4nc(-c5ccc6[nH]ccc6c5)nc(C5CNCCO5)n4)CC3)oc12. The number of fused-ring (bicyclic) bond motifs is 2. The molecule has 2 aromatic carbocycles. The number of hydrogen-bond donors (Lipinski definition) is 3. The maximum Gasteiger partial charge on any atom is 0.289 e. The Hall–Kier alpha value is -4.81. The molecular formula is C29H28N8O4. The van der Waals surface area contributed by atoms with Crippen LogP contribution in [0.5, 0.6) is 0 Å². The Kier molecular flexibility index (Phi) is 6.33. The van der Waals surface area contributed by atoms with Crippen molar-refractivity contribution in [2.45, 2.75) is 6.10 Å². The summed E-state index contributed by atoms with van der Waals surface area (Å²) in [6.07, 6.45) is 1.63. The van der Waals surface area contributed by atoms with E-state index in [9.17, 15) is 9.59 Å². The maximum absolute atomic E-state index is 13.3. The molecule has 0 aliphatic carbocycles.